The average molecular weight is 256 g/mol. The molecule has 1 aliphatic rings. The lowest BCUT2D eigenvalue weighted by Crippen LogP contribution is -2.59. The van der Waals surface area contributed by atoms with Crippen LogP contribution in [-0.4, -0.2) is 49.2 Å². The number of ether oxygens (including phenoxy) is 1. The van der Waals surface area contributed by atoms with E-state index < -0.39 is 5.54 Å². The van der Waals surface area contributed by atoms with Gasteiger partial charge in [-0.05, 0) is 39.7 Å². The number of hydrogen-bond acceptors (Lipinski definition) is 4. The molecule has 1 rings (SSSR count). The van der Waals surface area contributed by atoms with Crippen LogP contribution in [0.1, 0.15) is 40.5 Å². The molecule has 4 heteroatoms. The van der Waals surface area contributed by atoms with Crippen molar-refractivity contribution in [2.75, 3.05) is 20.7 Å². The quantitative estimate of drug-likeness (QED) is 0.703. The van der Waals surface area contributed by atoms with E-state index in [1.807, 2.05) is 6.92 Å². The van der Waals surface area contributed by atoms with Crippen LogP contribution in [0.4, 0.5) is 0 Å². The van der Waals surface area contributed by atoms with Gasteiger partial charge in [0.15, 0.2) is 0 Å². The predicted molar refractivity (Wildman–Crippen MR) is 73.5 cm³/mol. The molecule has 0 aliphatic heterocycles. The predicted octanol–water partition coefficient (Wildman–Crippen LogP) is 1.65. The van der Waals surface area contributed by atoms with Gasteiger partial charge in [-0.25, -0.2) is 0 Å². The number of nitrogens with zero attached hydrogens (tertiary/aromatic N) is 1. The van der Waals surface area contributed by atoms with Gasteiger partial charge in [0, 0.05) is 18.6 Å². The van der Waals surface area contributed by atoms with Crippen LogP contribution in [0.2, 0.25) is 0 Å². The molecule has 0 saturated heterocycles. The smallest absolute Gasteiger partial charge is 0.327 e. The second-order valence-electron chi connectivity index (χ2n) is 6.14. The maximum Gasteiger partial charge on any atom is 0.327 e. The highest BCUT2D eigenvalue weighted by atomic mass is 16.5. The van der Waals surface area contributed by atoms with E-state index in [0.717, 1.165) is 12.8 Å². The maximum absolute atomic E-state index is 12.0. The first-order valence-electron chi connectivity index (χ1n) is 6.86. The van der Waals surface area contributed by atoms with E-state index in [0.29, 0.717) is 24.5 Å². The first kappa shape index (κ1) is 15.4. The fourth-order valence-electron chi connectivity index (χ4n) is 2.22. The van der Waals surface area contributed by atoms with Crippen molar-refractivity contribution in [3.63, 3.8) is 0 Å². The van der Waals surface area contributed by atoms with E-state index in [4.69, 9.17) is 4.74 Å². The molecule has 106 valence electrons. The lowest BCUT2D eigenvalue weighted by Gasteiger charge is -2.36. The van der Waals surface area contributed by atoms with E-state index in [9.17, 15) is 4.79 Å². The minimum absolute atomic E-state index is 0.169. The molecular formula is C14H28N2O2. The van der Waals surface area contributed by atoms with Gasteiger partial charge in [0.2, 0.25) is 0 Å². The third-order valence-electron chi connectivity index (χ3n) is 3.96. The summed E-state index contributed by atoms with van der Waals surface area (Å²) < 4.78 is 4.96. The summed E-state index contributed by atoms with van der Waals surface area (Å²) in [6.07, 6.45) is 2.33. The lowest BCUT2D eigenvalue weighted by atomic mass is 9.98. The summed E-state index contributed by atoms with van der Waals surface area (Å²) in [6.45, 7) is 9.21. The molecule has 1 N–H and O–H groups in total. The molecule has 0 aromatic heterocycles. The van der Waals surface area contributed by atoms with Crippen molar-refractivity contribution in [3.8, 4) is 0 Å². The van der Waals surface area contributed by atoms with E-state index in [-0.39, 0.29) is 5.97 Å². The van der Waals surface area contributed by atoms with Crippen molar-refractivity contribution < 1.29 is 9.53 Å². The van der Waals surface area contributed by atoms with E-state index in [2.05, 4.69) is 38.0 Å². The Morgan fingerprint density at radius 2 is 2.00 bits per heavy atom. The van der Waals surface area contributed by atoms with Gasteiger partial charge in [0.05, 0.1) is 7.11 Å². The third kappa shape index (κ3) is 3.95. The Morgan fingerprint density at radius 1 is 1.44 bits per heavy atom. The standard InChI is InChI=1S/C14H28N2O2/c1-10(2)11(3)16(5)9-14(4,13(17)18-6)15-12-7-8-12/h10-12,15H,7-9H2,1-6H3. The highest BCUT2D eigenvalue weighted by molar-refractivity contribution is 5.80. The Labute approximate surface area is 111 Å². The number of nitrogens with one attached hydrogen (secondary N) is 1. The summed E-state index contributed by atoms with van der Waals surface area (Å²) in [5.74, 6) is 0.398. The first-order valence-corrected chi connectivity index (χ1v) is 6.86. The van der Waals surface area contributed by atoms with Crippen molar-refractivity contribution in [3.05, 3.63) is 0 Å². The van der Waals surface area contributed by atoms with Crippen LogP contribution in [0.3, 0.4) is 0 Å². The highest BCUT2D eigenvalue weighted by Crippen LogP contribution is 2.24. The molecule has 0 spiro atoms. The van der Waals surface area contributed by atoms with Gasteiger partial charge in [-0.2, -0.15) is 0 Å². The molecule has 0 heterocycles. The summed E-state index contributed by atoms with van der Waals surface area (Å²) in [7, 11) is 3.53. The Morgan fingerprint density at radius 3 is 2.39 bits per heavy atom. The summed E-state index contributed by atoms with van der Waals surface area (Å²) in [5.41, 5.74) is -0.603. The summed E-state index contributed by atoms with van der Waals surface area (Å²) >= 11 is 0. The molecule has 2 atom stereocenters. The first-order chi connectivity index (χ1) is 8.30. The number of methoxy groups -OCH3 is 1. The van der Waals surface area contributed by atoms with Crippen molar-refractivity contribution in [1.29, 1.82) is 0 Å². The second kappa shape index (κ2) is 6.02. The molecule has 0 amide bonds. The van der Waals surface area contributed by atoms with Crippen molar-refractivity contribution >= 4 is 5.97 Å². The second-order valence-corrected chi connectivity index (χ2v) is 6.14. The van der Waals surface area contributed by atoms with Crippen LogP contribution < -0.4 is 5.32 Å². The minimum Gasteiger partial charge on any atom is -0.468 e. The fourth-order valence-corrected chi connectivity index (χ4v) is 2.22. The Kier molecular flexibility index (Phi) is 5.17. The topological polar surface area (TPSA) is 41.6 Å². The number of carbonyl (C=O) groups is 1. The van der Waals surface area contributed by atoms with Crippen LogP contribution in [0.5, 0.6) is 0 Å². The molecule has 18 heavy (non-hydrogen) atoms. The molecule has 0 bridgehead atoms. The average Bonchev–Trinajstić information content (AvgIpc) is 3.09. The van der Waals surface area contributed by atoms with E-state index >= 15 is 0 Å². The van der Waals surface area contributed by atoms with Gasteiger partial charge in [-0.1, -0.05) is 13.8 Å². The molecule has 0 aromatic rings. The fraction of sp³-hybridized carbons (Fsp3) is 0.929. The molecule has 1 fully saturated rings. The van der Waals surface area contributed by atoms with Gasteiger partial charge in [-0.15, -0.1) is 0 Å². The van der Waals surface area contributed by atoms with Gasteiger partial charge >= 0.3 is 5.97 Å². The van der Waals surface area contributed by atoms with Crippen LogP contribution in [0.15, 0.2) is 0 Å². The molecule has 1 aliphatic carbocycles. The van der Waals surface area contributed by atoms with Gasteiger partial charge < -0.3 is 9.64 Å². The van der Waals surface area contributed by atoms with Gasteiger partial charge in [0.25, 0.3) is 0 Å². The lowest BCUT2D eigenvalue weighted by molar-refractivity contribution is -0.149. The number of hydrogen-bond donors (Lipinski definition) is 1. The molecule has 0 radical (unpaired) electrons. The zero-order chi connectivity index (χ0) is 13.9. The van der Waals surface area contributed by atoms with Crippen molar-refractivity contribution in [1.82, 2.24) is 10.2 Å². The van der Waals surface area contributed by atoms with Crippen molar-refractivity contribution in [2.24, 2.45) is 5.92 Å². The zero-order valence-electron chi connectivity index (χ0n) is 12.6. The summed E-state index contributed by atoms with van der Waals surface area (Å²) in [5, 5.41) is 3.43. The SMILES string of the molecule is COC(=O)C(C)(CN(C)C(C)C(C)C)NC1CC1. The Hall–Kier alpha value is -0.610. The Bertz CT molecular complexity index is 290. The largest absolute Gasteiger partial charge is 0.468 e. The number of likely N-dealkylation sites (N-methyl/N-ethyl adjacent to an activating group) is 1. The van der Waals surface area contributed by atoms with E-state index in [1.165, 1.54) is 7.11 Å². The third-order valence-corrected chi connectivity index (χ3v) is 3.96. The maximum atomic E-state index is 12.0. The van der Waals surface area contributed by atoms with Crippen LogP contribution in [-0.2, 0) is 9.53 Å². The number of esters is 1. The summed E-state index contributed by atoms with van der Waals surface area (Å²) in [4.78, 5) is 14.2. The van der Waals surface area contributed by atoms with Crippen molar-refractivity contribution in [2.45, 2.75) is 58.2 Å². The van der Waals surface area contributed by atoms with Crippen LogP contribution in [0, 0.1) is 5.92 Å². The van der Waals surface area contributed by atoms with Gasteiger partial charge in [0.1, 0.15) is 5.54 Å². The number of carbonyl (C=O) groups excluding carboxylic acids is 1. The Balaban J connectivity index is 2.67. The normalized spacial score (nSPS) is 20.9. The summed E-state index contributed by atoms with van der Waals surface area (Å²) in [6, 6.07) is 0.923. The van der Waals surface area contributed by atoms with Crippen LogP contribution >= 0.6 is 0 Å². The molecule has 0 aromatic carbocycles. The number of rotatable bonds is 7. The molecule has 4 nitrogen and oxygen atoms in total. The van der Waals surface area contributed by atoms with Gasteiger partial charge in [-0.3, -0.25) is 10.1 Å². The molecule has 1 saturated carbocycles. The molecular weight excluding hydrogens is 228 g/mol. The molecule has 2 unspecified atom stereocenters. The van der Waals surface area contributed by atoms with E-state index in [1.54, 1.807) is 0 Å². The highest BCUT2D eigenvalue weighted by Gasteiger charge is 2.40. The monoisotopic (exact) mass is 256 g/mol. The minimum atomic E-state index is -0.603. The van der Waals surface area contributed by atoms with Crippen LogP contribution in [0.25, 0.3) is 0 Å². The zero-order valence-corrected chi connectivity index (χ0v) is 12.6.